The Kier molecular flexibility index (Phi) is 4.38. The molecule has 0 saturated carbocycles. The summed E-state index contributed by atoms with van der Waals surface area (Å²) in [7, 11) is 0. The van der Waals surface area contributed by atoms with Crippen LogP contribution in [0.3, 0.4) is 0 Å². The van der Waals surface area contributed by atoms with Crippen molar-refractivity contribution in [1.82, 2.24) is 4.57 Å². The van der Waals surface area contributed by atoms with Gasteiger partial charge in [0.2, 0.25) is 5.43 Å². The van der Waals surface area contributed by atoms with Crippen LogP contribution in [0.5, 0.6) is 5.75 Å². The second-order valence-corrected chi connectivity index (χ2v) is 4.28. The molecule has 5 heteroatoms. The van der Waals surface area contributed by atoms with Gasteiger partial charge in [0.15, 0.2) is 5.75 Å². The van der Waals surface area contributed by atoms with Crippen LogP contribution in [0.15, 0.2) is 17.1 Å². The standard InChI is InChI=1S/C11H16ClNO3/c1-7(2)9(6-14)13-4-3-10(15)11(16)8(13)5-12/h3-4,7,9,14,16H,5-6H2,1-2H3/t9-/m0/s1. The van der Waals surface area contributed by atoms with Gasteiger partial charge < -0.3 is 14.8 Å². The van der Waals surface area contributed by atoms with Crippen LogP contribution in [-0.2, 0) is 5.88 Å². The summed E-state index contributed by atoms with van der Waals surface area (Å²) in [4.78, 5) is 11.2. The first kappa shape index (κ1) is 13.1. The van der Waals surface area contributed by atoms with E-state index in [2.05, 4.69) is 0 Å². The first-order chi connectivity index (χ1) is 7.52. The number of halogens is 1. The van der Waals surface area contributed by atoms with E-state index in [0.717, 1.165) is 0 Å². The third kappa shape index (κ3) is 2.39. The second kappa shape index (κ2) is 5.37. The van der Waals surface area contributed by atoms with Crippen LogP contribution >= 0.6 is 11.6 Å². The molecule has 0 aliphatic heterocycles. The smallest absolute Gasteiger partial charge is 0.223 e. The molecule has 1 aromatic rings. The lowest BCUT2D eigenvalue weighted by atomic mass is 10.0. The fourth-order valence-corrected chi connectivity index (χ4v) is 1.91. The normalized spacial score (nSPS) is 13.1. The maximum Gasteiger partial charge on any atom is 0.223 e. The molecule has 0 aliphatic carbocycles. The number of aliphatic hydroxyl groups is 1. The molecule has 0 amide bonds. The average Bonchev–Trinajstić information content (AvgIpc) is 2.24. The van der Waals surface area contributed by atoms with E-state index in [1.165, 1.54) is 6.07 Å². The summed E-state index contributed by atoms with van der Waals surface area (Å²) < 4.78 is 1.66. The van der Waals surface area contributed by atoms with Crippen LogP contribution in [0.2, 0.25) is 0 Å². The molecule has 1 rings (SSSR count). The first-order valence-corrected chi connectivity index (χ1v) is 5.66. The summed E-state index contributed by atoms with van der Waals surface area (Å²) in [5.41, 5.74) is -0.103. The molecule has 1 heterocycles. The summed E-state index contributed by atoms with van der Waals surface area (Å²) in [6.07, 6.45) is 1.56. The van der Waals surface area contributed by atoms with Gasteiger partial charge in [0.1, 0.15) is 0 Å². The van der Waals surface area contributed by atoms with Crippen molar-refractivity contribution >= 4 is 11.6 Å². The lowest BCUT2D eigenvalue weighted by molar-refractivity contribution is 0.189. The van der Waals surface area contributed by atoms with Crippen molar-refractivity contribution in [2.24, 2.45) is 5.92 Å². The zero-order chi connectivity index (χ0) is 12.3. The van der Waals surface area contributed by atoms with E-state index in [9.17, 15) is 15.0 Å². The molecule has 0 aliphatic rings. The maximum atomic E-state index is 11.2. The van der Waals surface area contributed by atoms with Crippen LogP contribution in [-0.4, -0.2) is 21.4 Å². The second-order valence-electron chi connectivity index (χ2n) is 4.01. The van der Waals surface area contributed by atoms with E-state index in [0.29, 0.717) is 5.69 Å². The van der Waals surface area contributed by atoms with E-state index >= 15 is 0 Å². The fraction of sp³-hybridized carbons (Fsp3) is 0.545. The zero-order valence-electron chi connectivity index (χ0n) is 9.35. The SMILES string of the molecule is CC(C)[C@H](CO)n1ccc(=O)c(O)c1CCl. The first-order valence-electron chi connectivity index (χ1n) is 5.12. The summed E-state index contributed by atoms with van der Waals surface area (Å²) in [5, 5.41) is 18.9. The molecular formula is C11H16ClNO3. The molecule has 0 bridgehead atoms. The van der Waals surface area contributed by atoms with Gasteiger partial charge >= 0.3 is 0 Å². The predicted molar refractivity (Wildman–Crippen MR) is 62.9 cm³/mol. The number of hydrogen-bond donors (Lipinski definition) is 2. The van der Waals surface area contributed by atoms with E-state index in [-0.39, 0.29) is 30.2 Å². The van der Waals surface area contributed by atoms with Gasteiger partial charge in [0, 0.05) is 12.3 Å². The van der Waals surface area contributed by atoms with Crippen molar-refractivity contribution in [1.29, 1.82) is 0 Å². The Bertz CT molecular complexity index is 414. The molecule has 0 saturated heterocycles. The minimum atomic E-state index is -0.452. The Morgan fingerprint density at radius 1 is 1.50 bits per heavy atom. The Morgan fingerprint density at radius 2 is 2.12 bits per heavy atom. The highest BCUT2D eigenvalue weighted by atomic mass is 35.5. The molecular weight excluding hydrogens is 230 g/mol. The summed E-state index contributed by atoms with van der Waals surface area (Å²) in [6.45, 7) is 3.84. The third-order valence-electron chi connectivity index (χ3n) is 2.65. The monoisotopic (exact) mass is 245 g/mol. The van der Waals surface area contributed by atoms with E-state index in [1.807, 2.05) is 13.8 Å². The van der Waals surface area contributed by atoms with Gasteiger partial charge in [0.05, 0.1) is 24.2 Å². The van der Waals surface area contributed by atoms with Crippen molar-refractivity contribution in [3.63, 3.8) is 0 Å². The van der Waals surface area contributed by atoms with Gasteiger partial charge in [-0.15, -0.1) is 11.6 Å². The van der Waals surface area contributed by atoms with Crippen LogP contribution in [0.1, 0.15) is 25.6 Å². The number of alkyl halides is 1. The number of aliphatic hydroxyl groups excluding tert-OH is 1. The number of hydrogen-bond acceptors (Lipinski definition) is 3. The molecule has 90 valence electrons. The van der Waals surface area contributed by atoms with Gasteiger partial charge in [-0.1, -0.05) is 13.8 Å². The number of aromatic hydroxyl groups is 1. The number of nitrogens with zero attached hydrogens (tertiary/aromatic N) is 1. The third-order valence-corrected chi connectivity index (χ3v) is 2.90. The van der Waals surface area contributed by atoms with E-state index < -0.39 is 5.43 Å². The topological polar surface area (TPSA) is 62.5 Å². The Balaban J connectivity index is 3.33. The van der Waals surface area contributed by atoms with Crippen molar-refractivity contribution in [3.05, 3.63) is 28.2 Å². The highest BCUT2D eigenvalue weighted by Gasteiger charge is 2.18. The summed E-state index contributed by atoms with van der Waals surface area (Å²) >= 11 is 5.71. The predicted octanol–water partition coefficient (Wildman–Crippen LogP) is 1.48. The van der Waals surface area contributed by atoms with Crippen molar-refractivity contribution in [2.45, 2.75) is 25.8 Å². The molecule has 1 atom stereocenters. The van der Waals surface area contributed by atoms with Gasteiger partial charge in [-0.3, -0.25) is 4.79 Å². The number of pyridine rings is 1. The number of aromatic nitrogens is 1. The Morgan fingerprint density at radius 3 is 2.56 bits per heavy atom. The molecule has 0 unspecified atom stereocenters. The Hall–Kier alpha value is -1.00. The molecule has 4 nitrogen and oxygen atoms in total. The number of rotatable bonds is 4. The molecule has 0 radical (unpaired) electrons. The maximum absolute atomic E-state index is 11.2. The zero-order valence-corrected chi connectivity index (χ0v) is 10.1. The largest absolute Gasteiger partial charge is 0.503 e. The minimum Gasteiger partial charge on any atom is -0.503 e. The van der Waals surface area contributed by atoms with Crippen LogP contribution in [0, 0.1) is 5.92 Å². The van der Waals surface area contributed by atoms with Crippen molar-refractivity contribution < 1.29 is 10.2 Å². The minimum absolute atomic E-state index is 0.0329. The van der Waals surface area contributed by atoms with Gasteiger partial charge in [0.25, 0.3) is 0 Å². The lowest BCUT2D eigenvalue weighted by Crippen LogP contribution is -2.23. The fourth-order valence-electron chi connectivity index (χ4n) is 1.64. The van der Waals surface area contributed by atoms with E-state index in [4.69, 9.17) is 11.6 Å². The van der Waals surface area contributed by atoms with Gasteiger partial charge in [-0.2, -0.15) is 0 Å². The highest BCUT2D eigenvalue weighted by Crippen LogP contribution is 2.23. The molecule has 2 N–H and O–H groups in total. The highest BCUT2D eigenvalue weighted by molar-refractivity contribution is 6.17. The molecule has 0 spiro atoms. The quantitative estimate of drug-likeness (QED) is 0.790. The summed E-state index contributed by atoms with van der Waals surface area (Å²) in [5.74, 6) is -0.129. The van der Waals surface area contributed by atoms with E-state index in [1.54, 1.807) is 10.8 Å². The molecule has 0 aromatic carbocycles. The summed E-state index contributed by atoms with van der Waals surface area (Å²) in [6, 6.07) is 1.08. The van der Waals surface area contributed by atoms with Crippen molar-refractivity contribution in [3.8, 4) is 5.75 Å². The Labute approximate surface area is 99.1 Å². The van der Waals surface area contributed by atoms with Gasteiger partial charge in [-0.05, 0) is 5.92 Å². The van der Waals surface area contributed by atoms with Crippen LogP contribution < -0.4 is 5.43 Å². The van der Waals surface area contributed by atoms with Gasteiger partial charge in [-0.25, -0.2) is 0 Å². The molecule has 16 heavy (non-hydrogen) atoms. The lowest BCUT2D eigenvalue weighted by Gasteiger charge is -2.25. The van der Waals surface area contributed by atoms with Crippen LogP contribution in [0.4, 0.5) is 0 Å². The average molecular weight is 246 g/mol. The molecule has 1 aromatic heterocycles. The molecule has 0 fully saturated rings. The van der Waals surface area contributed by atoms with Crippen molar-refractivity contribution in [2.75, 3.05) is 6.61 Å². The van der Waals surface area contributed by atoms with Crippen LogP contribution in [0.25, 0.3) is 0 Å².